The van der Waals surface area contributed by atoms with Crippen LogP contribution in [-0.2, 0) is 0 Å². The van der Waals surface area contributed by atoms with Crippen LogP contribution in [0.25, 0.3) is 43.5 Å². The fourth-order valence-electron chi connectivity index (χ4n) is 4.16. The van der Waals surface area contributed by atoms with Crippen LogP contribution >= 0.6 is 0 Å². The lowest BCUT2D eigenvalue weighted by Gasteiger charge is -2.11. The highest BCUT2D eigenvalue weighted by molar-refractivity contribution is 6.28. The van der Waals surface area contributed by atoms with Gasteiger partial charge in [0.1, 0.15) is 22.7 Å². The summed E-state index contributed by atoms with van der Waals surface area (Å²) in [6, 6.07) is 20.2. The molecule has 5 heteroatoms. The summed E-state index contributed by atoms with van der Waals surface area (Å²) in [5.74, 6) is 1.50. The first-order valence-corrected chi connectivity index (χ1v) is 10.6. The van der Waals surface area contributed by atoms with Crippen molar-refractivity contribution in [3.63, 3.8) is 0 Å². The Morgan fingerprint density at radius 1 is 0.613 bits per heavy atom. The zero-order chi connectivity index (χ0) is 21.2. The van der Waals surface area contributed by atoms with Gasteiger partial charge >= 0.3 is 0 Å². The van der Waals surface area contributed by atoms with Gasteiger partial charge in [0.15, 0.2) is 0 Å². The standard InChI is InChI=1S/C26H24O5/c27-11-5-13-29-21-15-23-25(19-9-3-1-7-17(19)21)26-20-10-4-2-8-18(20)22(16-24(26)31-23)30-14-6-12-28/h1-4,7-10,15-16,27-28H,5-6,11-14H2. The molecule has 1 aromatic heterocycles. The van der Waals surface area contributed by atoms with Crippen molar-refractivity contribution in [2.75, 3.05) is 26.4 Å². The Bertz CT molecular complexity index is 1260. The molecule has 158 valence electrons. The Morgan fingerprint density at radius 3 is 1.45 bits per heavy atom. The van der Waals surface area contributed by atoms with Gasteiger partial charge in [-0.05, 0) is 10.8 Å². The minimum Gasteiger partial charge on any atom is -0.493 e. The molecule has 4 aromatic carbocycles. The lowest BCUT2D eigenvalue weighted by molar-refractivity contribution is 0.234. The molecule has 0 radical (unpaired) electrons. The maximum atomic E-state index is 9.10. The summed E-state index contributed by atoms with van der Waals surface area (Å²) in [6.45, 7) is 1.07. The number of benzene rings is 4. The third-order valence-corrected chi connectivity index (χ3v) is 5.53. The maximum Gasteiger partial charge on any atom is 0.139 e. The fourth-order valence-corrected chi connectivity index (χ4v) is 4.16. The molecule has 1 heterocycles. The molecule has 0 aliphatic carbocycles. The first-order valence-electron chi connectivity index (χ1n) is 10.6. The average Bonchev–Trinajstić information content (AvgIpc) is 3.18. The molecule has 31 heavy (non-hydrogen) atoms. The van der Waals surface area contributed by atoms with Gasteiger partial charge in [-0.2, -0.15) is 0 Å². The molecule has 5 nitrogen and oxygen atoms in total. The molecule has 0 spiro atoms. The number of aliphatic hydroxyl groups is 2. The summed E-state index contributed by atoms with van der Waals surface area (Å²) in [5, 5.41) is 24.5. The van der Waals surface area contributed by atoms with Crippen LogP contribution in [0, 0.1) is 0 Å². The van der Waals surface area contributed by atoms with Crippen molar-refractivity contribution in [2.45, 2.75) is 12.8 Å². The van der Waals surface area contributed by atoms with Crippen LogP contribution in [0.4, 0.5) is 0 Å². The highest BCUT2D eigenvalue weighted by atomic mass is 16.5. The number of hydrogen-bond acceptors (Lipinski definition) is 5. The van der Waals surface area contributed by atoms with E-state index in [0.717, 1.165) is 55.0 Å². The van der Waals surface area contributed by atoms with E-state index in [4.69, 9.17) is 24.1 Å². The van der Waals surface area contributed by atoms with E-state index in [1.165, 1.54) is 0 Å². The summed E-state index contributed by atoms with van der Waals surface area (Å²) in [7, 11) is 0. The molecule has 0 amide bonds. The van der Waals surface area contributed by atoms with Gasteiger partial charge in [0.25, 0.3) is 0 Å². The van der Waals surface area contributed by atoms with E-state index in [2.05, 4.69) is 24.3 Å². The number of ether oxygens (including phenoxy) is 2. The molecule has 0 saturated heterocycles. The smallest absolute Gasteiger partial charge is 0.139 e. The van der Waals surface area contributed by atoms with Crippen molar-refractivity contribution in [1.82, 2.24) is 0 Å². The van der Waals surface area contributed by atoms with Crippen molar-refractivity contribution >= 4 is 43.5 Å². The second kappa shape index (κ2) is 8.46. The molecular formula is C26H24O5. The summed E-state index contributed by atoms with van der Waals surface area (Å²) >= 11 is 0. The van der Waals surface area contributed by atoms with Crippen LogP contribution in [0.3, 0.4) is 0 Å². The number of furan rings is 1. The number of rotatable bonds is 8. The van der Waals surface area contributed by atoms with Crippen molar-refractivity contribution in [3.05, 3.63) is 60.7 Å². The Balaban J connectivity index is 1.79. The highest BCUT2D eigenvalue weighted by Gasteiger charge is 2.18. The molecular weight excluding hydrogens is 392 g/mol. The number of aliphatic hydroxyl groups excluding tert-OH is 2. The molecule has 0 bridgehead atoms. The lowest BCUT2D eigenvalue weighted by atomic mass is 9.99. The molecule has 0 unspecified atom stereocenters. The molecule has 5 aromatic rings. The minimum atomic E-state index is 0.0931. The minimum absolute atomic E-state index is 0.0931. The van der Waals surface area contributed by atoms with E-state index in [1.807, 2.05) is 36.4 Å². The lowest BCUT2D eigenvalue weighted by Crippen LogP contribution is -2.00. The van der Waals surface area contributed by atoms with Crippen LogP contribution in [-0.4, -0.2) is 36.6 Å². The Kier molecular flexibility index (Phi) is 5.37. The molecule has 0 atom stereocenters. The zero-order valence-corrected chi connectivity index (χ0v) is 17.1. The summed E-state index contributed by atoms with van der Waals surface area (Å²) < 4.78 is 18.2. The first kappa shape index (κ1) is 19.7. The summed E-state index contributed by atoms with van der Waals surface area (Å²) in [4.78, 5) is 0. The quantitative estimate of drug-likeness (QED) is 0.331. The van der Waals surface area contributed by atoms with Gasteiger partial charge in [-0.3, -0.25) is 0 Å². The van der Waals surface area contributed by atoms with Crippen LogP contribution in [0.1, 0.15) is 12.8 Å². The van der Waals surface area contributed by atoms with Gasteiger partial charge in [0.05, 0.1) is 13.2 Å². The van der Waals surface area contributed by atoms with Crippen LogP contribution in [0.15, 0.2) is 65.1 Å². The van der Waals surface area contributed by atoms with Crippen LogP contribution in [0.5, 0.6) is 11.5 Å². The van der Waals surface area contributed by atoms with Crippen LogP contribution in [0.2, 0.25) is 0 Å². The van der Waals surface area contributed by atoms with Crippen molar-refractivity contribution < 1.29 is 24.1 Å². The number of hydrogen-bond donors (Lipinski definition) is 2. The molecule has 0 saturated carbocycles. The third-order valence-electron chi connectivity index (χ3n) is 5.53. The Labute approximate surface area is 179 Å². The van der Waals surface area contributed by atoms with Gasteiger partial charge in [0.2, 0.25) is 0 Å². The van der Waals surface area contributed by atoms with E-state index in [1.54, 1.807) is 0 Å². The predicted molar refractivity (Wildman–Crippen MR) is 123 cm³/mol. The molecule has 0 aliphatic heterocycles. The average molecular weight is 416 g/mol. The van der Waals surface area contributed by atoms with Crippen molar-refractivity contribution in [2.24, 2.45) is 0 Å². The molecule has 2 N–H and O–H groups in total. The largest absolute Gasteiger partial charge is 0.493 e. The first-order chi connectivity index (χ1) is 15.3. The Hall–Kier alpha value is -3.28. The monoisotopic (exact) mass is 416 g/mol. The van der Waals surface area contributed by atoms with Crippen LogP contribution < -0.4 is 9.47 Å². The van der Waals surface area contributed by atoms with E-state index in [0.29, 0.717) is 26.1 Å². The zero-order valence-electron chi connectivity index (χ0n) is 17.1. The second-order valence-electron chi connectivity index (χ2n) is 7.54. The normalized spacial score (nSPS) is 11.7. The second-order valence-corrected chi connectivity index (χ2v) is 7.54. The topological polar surface area (TPSA) is 72.1 Å². The summed E-state index contributed by atoms with van der Waals surface area (Å²) in [6.07, 6.45) is 1.15. The van der Waals surface area contributed by atoms with Gasteiger partial charge in [0, 0.05) is 59.7 Å². The van der Waals surface area contributed by atoms with Gasteiger partial charge < -0.3 is 24.1 Å². The van der Waals surface area contributed by atoms with E-state index < -0.39 is 0 Å². The number of fused-ring (bicyclic) bond motifs is 7. The highest BCUT2D eigenvalue weighted by Crippen LogP contribution is 2.44. The van der Waals surface area contributed by atoms with E-state index >= 15 is 0 Å². The van der Waals surface area contributed by atoms with Crippen molar-refractivity contribution in [3.8, 4) is 11.5 Å². The molecule has 0 fully saturated rings. The van der Waals surface area contributed by atoms with Gasteiger partial charge in [-0.25, -0.2) is 0 Å². The van der Waals surface area contributed by atoms with Gasteiger partial charge in [-0.1, -0.05) is 48.5 Å². The maximum absolute atomic E-state index is 9.10. The van der Waals surface area contributed by atoms with Crippen molar-refractivity contribution in [1.29, 1.82) is 0 Å². The Morgan fingerprint density at radius 2 is 1.03 bits per heavy atom. The van der Waals surface area contributed by atoms with Gasteiger partial charge in [-0.15, -0.1) is 0 Å². The van der Waals surface area contributed by atoms with E-state index in [9.17, 15) is 0 Å². The molecule has 0 aliphatic rings. The van der Waals surface area contributed by atoms with E-state index in [-0.39, 0.29) is 13.2 Å². The molecule has 5 rings (SSSR count). The fraction of sp³-hybridized carbons (Fsp3) is 0.231. The predicted octanol–water partition coefficient (Wildman–Crippen LogP) is 5.41. The summed E-state index contributed by atoms with van der Waals surface area (Å²) in [5.41, 5.74) is 1.51. The third kappa shape index (κ3) is 3.46. The SMILES string of the molecule is OCCCOc1cc2oc3cc(OCCCO)c4ccccc4c3c2c2ccccc12.